The lowest BCUT2D eigenvalue weighted by Gasteiger charge is -2.17. The summed E-state index contributed by atoms with van der Waals surface area (Å²) in [4.78, 5) is 10.8. The third-order valence-corrected chi connectivity index (χ3v) is 3.93. The van der Waals surface area contributed by atoms with Gasteiger partial charge in [-0.2, -0.15) is 11.3 Å². The minimum Gasteiger partial charge on any atom is -0.479 e. The van der Waals surface area contributed by atoms with E-state index < -0.39 is 12.1 Å². The molecule has 100 valence electrons. The second-order valence-electron chi connectivity index (χ2n) is 4.81. The van der Waals surface area contributed by atoms with Crippen LogP contribution in [0.25, 0.3) is 0 Å². The Morgan fingerprint density at radius 3 is 3.11 bits per heavy atom. The lowest BCUT2D eigenvalue weighted by molar-refractivity contribution is -0.149. The summed E-state index contributed by atoms with van der Waals surface area (Å²) < 4.78 is 5.45. The molecule has 2 N–H and O–H groups in total. The summed E-state index contributed by atoms with van der Waals surface area (Å²) in [5, 5.41) is 16.5. The predicted molar refractivity (Wildman–Crippen MR) is 71.0 cm³/mol. The normalized spacial score (nSPS) is 25.2. The number of thiophene rings is 1. The summed E-state index contributed by atoms with van der Waals surface area (Å²) in [6.45, 7) is 2.87. The maximum atomic E-state index is 10.8. The van der Waals surface area contributed by atoms with Crippen molar-refractivity contribution in [1.29, 1.82) is 0 Å². The molecule has 0 bridgehead atoms. The SMILES string of the molecule is CC(Cc1ccsc1)NCC1CCC(C(=O)O)O1. The largest absolute Gasteiger partial charge is 0.479 e. The number of hydrogen-bond donors (Lipinski definition) is 2. The van der Waals surface area contributed by atoms with Crippen molar-refractivity contribution < 1.29 is 14.6 Å². The van der Waals surface area contributed by atoms with E-state index in [0.717, 1.165) is 19.4 Å². The number of rotatable bonds is 6. The molecule has 2 heterocycles. The Labute approximate surface area is 111 Å². The Morgan fingerprint density at radius 2 is 2.50 bits per heavy atom. The van der Waals surface area contributed by atoms with Gasteiger partial charge >= 0.3 is 5.97 Å². The molecule has 0 saturated carbocycles. The number of aliphatic carboxylic acids is 1. The molecule has 2 rings (SSSR count). The zero-order valence-electron chi connectivity index (χ0n) is 10.5. The molecule has 0 radical (unpaired) electrons. The fraction of sp³-hybridized carbons (Fsp3) is 0.615. The van der Waals surface area contributed by atoms with E-state index in [9.17, 15) is 4.79 Å². The molecule has 5 heteroatoms. The summed E-state index contributed by atoms with van der Waals surface area (Å²) in [7, 11) is 0. The van der Waals surface area contributed by atoms with Gasteiger partial charge in [0, 0.05) is 12.6 Å². The van der Waals surface area contributed by atoms with Crippen LogP contribution in [0.2, 0.25) is 0 Å². The van der Waals surface area contributed by atoms with Gasteiger partial charge in [0.05, 0.1) is 6.10 Å². The van der Waals surface area contributed by atoms with E-state index >= 15 is 0 Å². The van der Waals surface area contributed by atoms with Gasteiger partial charge in [0.1, 0.15) is 0 Å². The fourth-order valence-corrected chi connectivity index (χ4v) is 2.89. The van der Waals surface area contributed by atoms with Crippen molar-refractivity contribution in [2.75, 3.05) is 6.54 Å². The van der Waals surface area contributed by atoms with Crippen LogP contribution in [-0.2, 0) is 16.0 Å². The van der Waals surface area contributed by atoms with Gasteiger partial charge in [-0.15, -0.1) is 0 Å². The number of ether oxygens (including phenoxy) is 1. The third-order valence-electron chi connectivity index (χ3n) is 3.20. The van der Waals surface area contributed by atoms with Crippen molar-refractivity contribution in [3.05, 3.63) is 22.4 Å². The molecule has 1 aliphatic rings. The van der Waals surface area contributed by atoms with Gasteiger partial charge in [0.15, 0.2) is 6.10 Å². The smallest absolute Gasteiger partial charge is 0.332 e. The monoisotopic (exact) mass is 269 g/mol. The fourth-order valence-electron chi connectivity index (χ4n) is 2.20. The first kappa shape index (κ1) is 13.5. The van der Waals surface area contributed by atoms with Crippen molar-refractivity contribution in [3.63, 3.8) is 0 Å². The first-order valence-corrected chi connectivity index (χ1v) is 7.22. The molecule has 3 atom stereocenters. The first-order valence-electron chi connectivity index (χ1n) is 6.28. The third kappa shape index (κ3) is 3.80. The number of carboxylic acids is 1. The second kappa shape index (κ2) is 6.31. The van der Waals surface area contributed by atoms with Crippen molar-refractivity contribution in [2.24, 2.45) is 0 Å². The Bertz CT molecular complexity index is 380. The minimum atomic E-state index is -0.844. The van der Waals surface area contributed by atoms with Gasteiger partial charge in [-0.25, -0.2) is 4.79 Å². The molecule has 0 aromatic carbocycles. The van der Waals surface area contributed by atoms with E-state index in [-0.39, 0.29) is 6.10 Å². The van der Waals surface area contributed by atoms with E-state index in [0.29, 0.717) is 12.5 Å². The van der Waals surface area contributed by atoms with Gasteiger partial charge < -0.3 is 15.2 Å². The molecule has 0 spiro atoms. The Morgan fingerprint density at radius 1 is 1.67 bits per heavy atom. The van der Waals surface area contributed by atoms with Crippen molar-refractivity contribution in [2.45, 2.75) is 44.4 Å². The van der Waals surface area contributed by atoms with Crippen LogP contribution >= 0.6 is 11.3 Å². The van der Waals surface area contributed by atoms with Crippen LogP contribution in [-0.4, -0.2) is 35.9 Å². The summed E-state index contributed by atoms with van der Waals surface area (Å²) in [6, 6.07) is 2.52. The molecular formula is C13H19NO3S. The highest BCUT2D eigenvalue weighted by atomic mass is 32.1. The van der Waals surface area contributed by atoms with E-state index in [4.69, 9.17) is 9.84 Å². The number of carbonyl (C=O) groups is 1. The van der Waals surface area contributed by atoms with Crippen LogP contribution in [0.1, 0.15) is 25.3 Å². The molecule has 3 unspecified atom stereocenters. The van der Waals surface area contributed by atoms with E-state index in [1.807, 2.05) is 0 Å². The van der Waals surface area contributed by atoms with Gasteiger partial charge in [-0.3, -0.25) is 0 Å². The summed E-state index contributed by atoms with van der Waals surface area (Å²) in [5.41, 5.74) is 1.34. The molecule has 4 nitrogen and oxygen atoms in total. The highest BCUT2D eigenvalue weighted by molar-refractivity contribution is 7.07. The van der Waals surface area contributed by atoms with Crippen LogP contribution in [0.4, 0.5) is 0 Å². The molecule has 0 amide bonds. The van der Waals surface area contributed by atoms with Crippen molar-refractivity contribution >= 4 is 17.3 Å². The van der Waals surface area contributed by atoms with E-state index in [1.54, 1.807) is 11.3 Å². The lowest BCUT2D eigenvalue weighted by atomic mass is 10.1. The molecular weight excluding hydrogens is 250 g/mol. The summed E-state index contributed by atoms with van der Waals surface area (Å²) in [6.07, 6.45) is 1.88. The van der Waals surface area contributed by atoms with Gasteiger partial charge in [0.25, 0.3) is 0 Å². The minimum absolute atomic E-state index is 0.0380. The van der Waals surface area contributed by atoms with Crippen molar-refractivity contribution in [3.8, 4) is 0 Å². The first-order chi connectivity index (χ1) is 8.65. The Kier molecular flexibility index (Phi) is 4.74. The summed E-state index contributed by atoms with van der Waals surface area (Å²) in [5.74, 6) is -0.844. The average Bonchev–Trinajstić information content (AvgIpc) is 2.96. The lowest BCUT2D eigenvalue weighted by Crippen LogP contribution is -2.35. The molecule has 1 saturated heterocycles. The van der Waals surface area contributed by atoms with Crippen LogP contribution in [0, 0.1) is 0 Å². The molecule has 1 aliphatic heterocycles. The predicted octanol–water partition coefficient (Wildman–Crippen LogP) is 1.90. The topological polar surface area (TPSA) is 58.6 Å². The number of carboxylic acid groups (broad SMARTS) is 1. The quantitative estimate of drug-likeness (QED) is 0.828. The maximum Gasteiger partial charge on any atom is 0.332 e. The highest BCUT2D eigenvalue weighted by Crippen LogP contribution is 2.19. The molecule has 1 fully saturated rings. The average molecular weight is 269 g/mol. The van der Waals surface area contributed by atoms with Gasteiger partial charge in [-0.1, -0.05) is 0 Å². The Balaban J connectivity index is 1.67. The zero-order chi connectivity index (χ0) is 13.0. The molecule has 1 aromatic heterocycles. The van der Waals surface area contributed by atoms with E-state index in [2.05, 4.69) is 29.1 Å². The Hall–Kier alpha value is -0.910. The van der Waals surface area contributed by atoms with Crippen LogP contribution in [0.15, 0.2) is 16.8 Å². The zero-order valence-corrected chi connectivity index (χ0v) is 11.3. The van der Waals surface area contributed by atoms with E-state index in [1.165, 1.54) is 5.56 Å². The van der Waals surface area contributed by atoms with Gasteiger partial charge in [-0.05, 0) is 48.6 Å². The van der Waals surface area contributed by atoms with Crippen LogP contribution < -0.4 is 5.32 Å². The number of nitrogens with one attached hydrogen (secondary N) is 1. The highest BCUT2D eigenvalue weighted by Gasteiger charge is 2.30. The standard InChI is InChI=1S/C13H19NO3S/c1-9(6-10-4-5-18-8-10)14-7-11-2-3-12(17-11)13(15)16/h4-5,8-9,11-12,14H,2-3,6-7H2,1H3,(H,15,16). The summed E-state index contributed by atoms with van der Waals surface area (Å²) >= 11 is 1.71. The second-order valence-corrected chi connectivity index (χ2v) is 5.59. The van der Waals surface area contributed by atoms with Gasteiger partial charge in [0.2, 0.25) is 0 Å². The van der Waals surface area contributed by atoms with Crippen molar-refractivity contribution in [1.82, 2.24) is 5.32 Å². The van der Waals surface area contributed by atoms with Crippen LogP contribution in [0.3, 0.4) is 0 Å². The maximum absolute atomic E-state index is 10.8. The molecule has 18 heavy (non-hydrogen) atoms. The molecule has 0 aliphatic carbocycles. The molecule has 1 aromatic rings. The van der Waals surface area contributed by atoms with Crippen LogP contribution in [0.5, 0.6) is 0 Å². The number of hydrogen-bond acceptors (Lipinski definition) is 4.